The number of carboxylic acid groups (broad SMARTS) is 1. The van der Waals surface area contributed by atoms with Crippen molar-refractivity contribution in [1.82, 2.24) is 9.88 Å². The highest BCUT2D eigenvalue weighted by atomic mass is 16.4. The molecule has 0 saturated carbocycles. The molecule has 120 valence electrons. The summed E-state index contributed by atoms with van der Waals surface area (Å²) in [6, 6.07) is 13.2. The Bertz CT molecular complexity index is 644. The fourth-order valence-corrected chi connectivity index (χ4v) is 2.41. The van der Waals surface area contributed by atoms with E-state index in [1.165, 1.54) is 4.90 Å². The van der Waals surface area contributed by atoms with Crippen LogP contribution in [-0.2, 0) is 24.2 Å². The van der Waals surface area contributed by atoms with Gasteiger partial charge in [-0.25, -0.2) is 4.79 Å². The molecule has 0 unspecified atom stereocenters. The lowest BCUT2D eigenvalue weighted by Crippen LogP contribution is -2.30. The minimum absolute atomic E-state index is 0.324. The predicted molar refractivity (Wildman–Crippen MR) is 87.2 cm³/mol. The summed E-state index contributed by atoms with van der Waals surface area (Å²) in [4.78, 5) is 27.6. The summed E-state index contributed by atoms with van der Waals surface area (Å²) < 4.78 is 0. The van der Waals surface area contributed by atoms with Gasteiger partial charge in [-0.1, -0.05) is 30.3 Å². The Morgan fingerprint density at radius 2 is 2.00 bits per heavy atom. The monoisotopic (exact) mass is 312 g/mol. The molecular formula is C18H20N2O3. The van der Waals surface area contributed by atoms with E-state index in [2.05, 4.69) is 4.98 Å². The zero-order valence-electron chi connectivity index (χ0n) is 12.9. The third-order valence-corrected chi connectivity index (χ3v) is 3.54. The second kappa shape index (κ2) is 8.68. The minimum Gasteiger partial charge on any atom is -0.465 e. The molecule has 1 aromatic carbocycles. The van der Waals surface area contributed by atoms with Crippen molar-refractivity contribution in [2.45, 2.75) is 25.8 Å². The quantitative estimate of drug-likeness (QED) is 0.761. The van der Waals surface area contributed by atoms with Crippen molar-refractivity contribution in [3.63, 3.8) is 0 Å². The molecule has 0 spiro atoms. The molecule has 0 radical (unpaired) electrons. The van der Waals surface area contributed by atoms with Crippen molar-refractivity contribution in [2.24, 2.45) is 0 Å². The maximum absolute atomic E-state index is 11.4. The third kappa shape index (κ3) is 5.54. The van der Waals surface area contributed by atoms with Crippen molar-refractivity contribution < 1.29 is 14.7 Å². The molecule has 1 heterocycles. The number of nitrogens with zero attached hydrogens (tertiary/aromatic N) is 2. The Morgan fingerprint density at radius 3 is 2.70 bits per heavy atom. The van der Waals surface area contributed by atoms with E-state index in [0.717, 1.165) is 35.9 Å². The number of amides is 1. The van der Waals surface area contributed by atoms with Crippen LogP contribution in [-0.4, -0.2) is 33.9 Å². The van der Waals surface area contributed by atoms with Crippen molar-refractivity contribution >= 4 is 12.4 Å². The normalized spacial score (nSPS) is 10.3. The van der Waals surface area contributed by atoms with E-state index in [0.29, 0.717) is 19.5 Å². The second-order valence-electron chi connectivity index (χ2n) is 5.32. The molecular weight excluding hydrogens is 292 g/mol. The highest BCUT2D eigenvalue weighted by molar-refractivity contribution is 5.65. The Morgan fingerprint density at radius 1 is 1.17 bits per heavy atom. The Labute approximate surface area is 135 Å². The number of hydrogen-bond donors (Lipinski definition) is 1. The van der Waals surface area contributed by atoms with Gasteiger partial charge in [0.25, 0.3) is 0 Å². The van der Waals surface area contributed by atoms with Gasteiger partial charge < -0.3 is 14.8 Å². The van der Waals surface area contributed by atoms with Crippen LogP contribution in [0.3, 0.4) is 0 Å². The minimum atomic E-state index is -0.938. The number of aldehydes is 1. The molecule has 0 aliphatic rings. The molecule has 0 fully saturated rings. The maximum atomic E-state index is 11.4. The molecule has 1 N–H and O–H groups in total. The lowest BCUT2D eigenvalue weighted by atomic mass is 10.1. The first-order valence-electron chi connectivity index (χ1n) is 7.58. The Kier molecular flexibility index (Phi) is 6.29. The van der Waals surface area contributed by atoms with Gasteiger partial charge in [0.05, 0.1) is 0 Å². The summed E-state index contributed by atoms with van der Waals surface area (Å²) in [5.74, 6) is 0. The van der Waals surface area contributed by atoms with Crippen LogP contribution in [0.4, 0.5) is 4.79 Å². The Hall–Kier alpha value is -2.69. The van der Waals surface area contributed by atoms with E-state index >= 15 is 0 Å². The topological polar surface area (TPSA) is 70.5 Å². The fourth-order valence-electron chi connectivity index (χ4n) is 2.41. The van der Waals surface area contributed by atoms with E-state index in [1.807, 2.05) is 42.5 Å². The van der Waals surface area contributed by atoms with Crippen molar-refractivity contribution in [3.05, 3.63) is 65.5 Å². The van der Waals surface area contributed by atoms with Crippen molar-refractivity contribution in [2.75, 3.05) is 6.54 Å². The van der Waals surface area contributed by atoms with E-state index in [9.17, 15) is 14.7 Å². The Balaban J connectivity index is 1.92. The highest BCUT2D eigenvalue weighted by Crippen LogP contribution is 2.10. The van der Waals surface area contributed by atoms with Crippen LogP contribution in [0.15, 0.2) is 48.7 Å². The summed E-state index contributed by atoms with van der Waals surface area (Å²) in [6.07, 6.45) is 3.46. The zero-order chi connectivity index (χ0) is 16.5. The molecule has 2 rings (SSSR count). The standard InChI is InChI=1S/C18H20N2O3/c21-12-9-15-5-3-6-16(13-15)14-20(18(22)23)11-4-8-17-7-1-2-10-19-17/h1-3,5-7,10,12-13H,4,8-9,11,14H2,(H,22,23). The predicted octanol–water partition coefficient (Wildman–Crippen LogP) is 2.94. The first kappa shape index (κ1) is 16.7. The van der Waals surface area contributed by atoms with Crippen LogP contribution in [0.1, 0.15) is 23.2 Å². The molecule has 0 aliphatic carbocycles. The van der Waals surface area contributed by atoms with Gasteiger partial charge in [-0.2, -0.15) is 0 Å². The van der Waals surface area contributed by atoms with Crippen LogP contribution in [0.25, 0.3) is 0 Å². The van der Waals surface area contributed by atoms with Gasteiger partial charge in [0, 0.05) is 31.4 Å². The SMILES string of the molecule is O=CCc1cccc(CN(CCCc2ccccn2)C(=O)O)c1. The largest absolute Gasteiger partial charge is 0.465 e. The number of aromatic nitrogens is 1. The molecule has 0 atom stereocenters. The van der Waals surface area contributed by atoms with E-state index in [-0.39, 0.29) is 0 Å². The third-order valence-electron chi connectivity index (χ3n) is 3.54. The van der Waals surface area contributed by atoms with Crippen LogP contribution in [0.5, 0.6) is 0 Å². The zero-order valence-corrected chi connectivity index (χ0v) is 12.9. The molecule has 0 saturated heterocycles. The first-order valence-corrected chi connectivity index (χ1v) is 7.58. The number of benzene rings is 1. The van der Waals surface area contributed by atoms with Gasteiger partial charge in [-0.05, 0) is 36.1 Å². The van der Waals surface area contributed by atoms with E-state index in [1.54, 1.807) is 6.20 Å². The van der Waals surface area contributed by atoms with E-state index < -0.39 is 6.09 Å². The number of carbonyl (C=O) groups excluding carboxylic acids is 1. The lowest BCUT2D eigenvalue weighted by Gasteiger charge is -2.19. The lowest BCUT2D eigenvalue weighted by molar-refractivity contribution is -0.107. The highest BCUT2D eigenvalue weighted by Gasteiger charge is 2.12. The number of carbonyl (C=O) groups is 2. The second-order valence-corrected chi connectivity index (χ2v) is 5.32. The fraction of sp³-hybridized carbons (Fsp3) is 0.278. The van der Waals surface area contributed by atoms with Gasteiger partial charge in [0.15, 0.2) is 0 Å². The molecule has 23 heavy (non-hydrogen) atoms. The number of pyridine rings is 1. The summed E-state index contributed by atoms with van der Waals surface area (Å²) >= 11 is 0. The summed E-state index contributed by atoms with van der Waals surface area (Å²) in [5, 5.41) is 9.36. The summed E-state index contributed by atoms with van der Waals surface area (Å²) in [6.45, 7) is 0.772. The van der Waals surface area contributed by atoms with Gasteiger partial charge in [0.1, 0.15) is 6.29 Å². The van der Waals surface area contributed by atoms with Crippen molar-refractivity contribution in [1.29, 1.82) is 0 Å². The number of hydrogen-bond acceptors (Lipinski definition) is 3. The molecule has 2 aromatic rings. The van der Waals surface area contributed by atoms with Gasteiger partial charge >= 0.3 is 6.09 Å². The van der Waals surface area contributed by atoms with Crippen LogP contribution < -0.4 is 0 Å². The first-order chi connectivity index (χ1) is 11.2. The van der Waals surface area contributed by atoms with Crippen LogP contribution in [0, 0.1) is 0 Å². The molecule has 1 amide bonds. The van der Waals surface area contributed by atoms with Crippen molar-refractivity contribution in [3.8, 4) is 0 Å². The smallest absolute Gasteiger partial charge is 0.407 e. The molecule has 0 bridgehead atoms. The van der Waals surface area contributed by atoms with E-state index in [4.69, 9.17) is 0 Å². The number of aryl methyl sites for hydroxylation is 1. The molecule has 5 heteroatoms. The summed E-state index contributed by atoms with van der Waals surface area (Å²) in [5.41, 5.74) is 2.76. The van der Waals surface area contributed by atoms with Crippen LogP contribution >= 0.6 is 0 Å². The number of rotatable bonds is 8. The average Bonchev–Trinajstić information content (AvgIpc) is 2.55. The summed E-state index contributed by atoms with van der Waals surface area (Å²) in [7, 11) is 0. The van der Waals surface area contributed by atoms with Gasteiger partial charge in [-0.15, -0.1) is 0 Å². The molecule has 1 aromatic heterocycles. The van der Waals surface area contributed by atoms with Crippen LogP contribution in [0.2, 0.25) is 0 Å². The van der Waals surface area contributed by atoms with Gasteiger partial charge in [-0.3, -0.25) is 4.98 Å². The molecule has 0 aliphatic heterocycles. The van der Waals surface area contributed by atoms with Gasteiger partial charge in [0.2, 0.25) is 0 Å². The average molecular weight is 312 g/mol. The maximum Gasteiger partial charge on any atom is 0.407 e. The molecule has 5 nitrogen and oxygen atoms in total.